The number of hydrogen-bond acceptors (Lipinski definition) is 1. The molecule has 0 aliphatic carbocycles. The van der Waals surface area contributed by atoms with Crippen LogP contribution in [0.4, 0.5) is 0 Å². The van der Waals surface area contributed by atoms with Crippen molar-refractivity contribution in [3.63, 3.8) is 0 Å². The Morgan fingerprint density at radius 1 is 0.938 bits per heavy atom. The lowest BCUT2D eigenvalue weighted by Gasteiger charge is -2.06. The second-order valence-electron chi connectivity index (χ2n) is 4.33. The zero-order valence-electron chi connectivity index (χ0n) is 10.5. The first-order valence-corrected chi connectivity index (χ1v) is 7.27. The first-order chi connectivity index (χ1) is 7.60. The van der Waals surface area contributed by atoms with Gasteiger partial charge in [-0.15, -0.1) is 23.2 Å². The molecule has 0 fully saturated rings. The third-order valence-corrected chi connectivity index (χ3v) is 3.89. The molecule has 0 saturated carbocycles. The highest BCUT2D eigenvalue weighted by Gasteiger charge is 2.07. The largest absolute Gasteiger partial charge is 0.300 e. The Morgan fingerprint density at radius 3 is 1.62 bits per heavy atom. The molecule has 2 unspecified atom stereocenters. The molecule has 3 heteroatoms. The zero-order chi connectivity index (χ0) is 12.4. The standard InChI is InChI=1S/C13H24Cl2O/c1-3-11(14)7-5-9-13(16)10-6-8-12(15)4-2/h11-12H,3-10H2,1-2H3. The summed E-state index contributed by atoms with van der Waals surface area (Å²) in [5, 5.41) is 0.472. The Kier molecular flexibility index (Phi) is 10.6. The van der Waals surface area contributed by atoms with E-state index in [0.717, 1.165) is 38.5 Å². The predicted molar refractivity (Wildman–Crippen MR) is 72.6 cm³/mol. The number of halogens is 2. The fourth-order valence-corrected chi connectivity index (χ4v) is 1.88. The van der Waals surface area contributed by atoms with Gasteiger partial charge >= 0.3 is 0 Å². The molecule has 0 aliphatic heterocycles. The molecule has 0 N–H and O–H groups in total. The average molecular weight is 267 g/mol. The third-order valence-electron chi connectivity index (χ3n) is 2.83. The van der Waals surface area contributed by atoms with Gasteiger partial charge in [0.05, 0.1) is 0 Å². The van der Waals surface area contributed by atoms with E-state index in [1.165, 1.54) is 0 Å². The van der Waals surface area contributed by atoms with Gasteiger partial charge in [-0.2, -0.15) is 0 Å². The SMILES string of the molecule is CCC(Cl)CCCC(=O)CCCC(Cl)CC. The molecule has 0 bridgehead atoms. The van der Waals surface area contributed by atoms with Crippen molar-refractivity contribution >= 4 is 29.0 Å². The molecule has 16 heavy (non-hydrogen) atoms. The molecule has 0 spiro atoms. The third kappa shape index (κ3) is 9.47. The van der Waals surface area contributed by atoms with Crippen molar-refractivity contribution in [2.24, 2.45) is 0 Å². The molecular formula is C13H24Cl2O. The van der Waals surface area contributed by atoms with Crippen LogP contribution in [0.5, 0.6) is 0 Å². The van der Waals surface area contributed by atoms with Crippen molar-refractivity contribution in [1.82, 2.24) is 0 Å². The molecule has 0 radical (unpaired) electrons. The maximum atomic E-state index is 11.5. The normalized spacial score (nSPS) is 14.8. The number of carbonyl (C=O) groups excluding carboxylic acids is 1. The fraction of sp³-hybridized carbons (Fsp3) is 0.923. The topological polar surface area (TPSA) is 17.1 Å². The molecule has 0 aliphatic rings. The summed E-state index contributed by atoms with van der Waals surface area (Å²) in [5.74, 6) is 0.361. The molecule has 1 nitrogen and oxygen atoms in total. The van der Waals surface area contributed by atoms with Crippen molar-refractivity contribution in [3.05, 3.63) is 0 Å². The summed E-state index contributed by atoms with van der Waals surface area (Å²) >= 11 is 12.0. The van der Waals surface area contributed by atoms with Crippen LogP contribution in [0.3, 0.4) is 0 Å². The number of hydrogen-bond donors (Lipinski definition) is 0. The Labute approximate surface area is 110 Å². The minimum absolute atomic E-state index is 0.236. The van der Waals surface area contributed by atoms with Gasteiger partial charge in [0.25, 0.3) is 0 Å². The highest BCUT2D eigenvalue weighted by molar-refractivity contribution is 6.20. The van der Waals surface area contributed by atoms with Crippen molar-refractivity contribution in [3.8, 4) is 0 Å². The number of alkyl halides is 2. The van der Waals surface area contributed by atoms with E-state index in [1.807, 2.05) is 0 Å². The molecule has 0 heterocycles. The van der Waals surface area contributed by atoms with Gasteiger partial charge < -0.3 is 0 Å². The van der Waals surface area contributed by atoms with Crippen LogP contribution in [-0.2, 0) is 4.79 Å². The average Bonchev–Trinajstić information content (AvgIpc) is 2.28. The minimum atomic E-state index is 0.236. The monoisotopic (exact) mass is 266 g/mol. The zero-order valence-corrected chi connectivity index (χ0v) is 12.0. The summed E-state index contributed by atoms with van der Waals surface area (Å²) in [5.41, 5.74) is 0. The summed E-state index contributed by atoms with van der Waals surface area (Å²) in [6, 6.07) is 0. The van der Waals surface area contributed by atoms with Gasteiger partial charge in [0.2, 0.25) is 0 Å². The van der Waals surface area contributed by atoms with Gasteiger partial charge in [-0.1, -0.05) is 13.8 Å². The summed E-state index contributed by atoms with van der Waals surface area (Å²) in [7, 11) is 0. The lowest BCUT2D eigenvalue weighted by atomic mass is 10.0. The van der Waals surface area contributed by atoms with E-state index < -0.39 is 0 Å². The van der Waals surface area contributed by atoms with Gasteiger partial charge in [0, 0.05) is 23.6 Å². The molecule has 0 aromatic rings. The molecule has 0 rings (SSSR count). The molecule has 0 aromatic heterocycles. The van der Waals surface area contributed by atoms with E-state index in [9.17, 15) is 4.79 Å². The highest BCUT2D eigenvalue weighted by Crippen LogP contribution is 2.14. The molecule has 0 amide bonds. The Bertz CT molecular complexity index is 165. The Balaban J connectivity index is 3.38. The van der Waals surface area contributed by atoms with Gasteiger partial charge in [-0.05, 0) is 38.5 Å². The Hall–Kier alpha value is 0.250. The van der Waals surface area contributed by atoms with Crippen LogP contribution in [0.15, 0.2) is 0 Å². The molecular weight excluding hydrogens is 243 g/mol. The summed E-state index contributed by atoms with van der Waals surface area (Å²) in [4.78, 5) is 11.5. The first kappa shape index (κ1) is 16.2. The lowest BCUT2D eigenvalue weighted by molar-refractivity contribution is -0.119. The number of rotatable bonds is 10. The van der Waals surface area contributed by atoms with Crippen molar-refractivity contribution in [2.75, 3.05) is 0 Å². The number of ketones is 1. The number of carbonyl (C=O) groups is 1. The second-order valence-corrected chi connectivity index (χ2v) is 5.57. The van der Waals surface area contributed by atoms with E-state index in [-0.39, 0.29) is 10.8 Å². The van der Waals surface area contributed by atoms with Crippen molar-refractivity contribution in [2.45, 2.75) is 76.0 Å². The van der Waals surface area contributed by atoms with Crippen LogP contribution in [0, 0.1) is 0 Å². The smallest absolute Gasteiger partial charge is 0.132 e. The van der Waals surface area contributed by atoms with Gasteiger partial charge in [-0.3, -0.25) is 4.79 Å². The summed E-state index contributed by atoms with van der Waals surface area (Å²) in [6.45, 7) is 4.15. The van der Waals surface area contributed by atoms with Crippen LogP contribution in [0.25, 0.3) is 0 Å². The number of Topliss-reactive ketones (excluding diaryl/α,β-unsaturated/α-hetero) is 1. The van der Waals surface area contributed by atoms with E-state index >= 15 is 0 Å². The minimum Gasteiger partial charge on any atom is -0.300 e. The van der Waals surface area contributed by atoms with Crippen LogP contribution >= 0.6 is 23.2 Å². The van der Waals surface area contributed by atoms with Crippen LogP contribution in [0.1, 0.15) is 65.2 Å². The highest BCUT2D eigenvalue weighted by atomic mass is 35.5. The van der Waals surface area contributed by atoms with Crippen molar-refractivity contribution in [1.29, 1.82) is 0 Å². The lowest BCUT2D eigenvalue weighted by Crippen LogP contribution is -2.03. The molecule has 96 valence electrons. The quantitative estimate of drug-likeness (QED) is 0.513. The summed E-state index contributed by atoms with van der Waals surface area (Å²) in [6.07, 6.45) is 7.11. The van der Waals surface area contributed by atoms with E-state index in [2.05, 4.69) is 13.8 Å². The van der Waals surface area contributed by atoms with Gasteiger partial charge in [0.1, 0.15) is 5.78 Å². The maximum absolute atomic E-state index is 11.5. The predicted octanol–water partition coefficient (Wildman–Crippen LogP) is 4.93. The van der Waals surface area contributed by atoms with Gasteiger partial charge in [-0.25, -0.2) is 0 Å². The van der Waals surface area contributed by atoms with Crippen LogP contribution < -0.4 is 0 Å². The molecule has 0 saturated heterocycles. The maximum Gasteiger partial charge on any atom is 0.132 e. The van der Waals surface area contributed by atoms with Crippen molar-refractivity contribution < 1.29 is 4.79 Å². The second kappa shape index (κ2) is 10.4. The fourth-order valence-electron chi connectivity index (χ4n) is 1.57. The summed E-state index contributed by atoms with van der Waals surface area (Å²) < 4.78 is 0. The molecule has 2 atom stereocenters. The first-order valence-electron chi connectivity index (χ1n) is 6.39. The van der Waals surface area contributed by atoms with E-state index in [0.29, 0.717) is 18.6 Å². The van der Waals surface area contributed by atoms with Crippen LogP contribution in [0.2, 0.25) is 0 Å². The van der Waals surface area contributed by atoms with Gasteiger partial charge in [0.15, 0.2) is 0 Å². The van der Waals surface area contributed by atoms with Crippen LogP contribution in [-0.4, -0.2) is 16.5 Å². The van der Waals surface area contributed by atoms with E-state index in [4.69, 9.17) is 23.2 Å². The molecule has 0 aromatic carbocycles. The van der Waals surface area contributed by atoms with E-state index in [1.54, 1.807) is 0 Å². The Morgan fingerprint density at radius 2 is 1.31 bits per heavy atom.